The molecule has 4 heterocycles. The van der Waals surface area contributed by atoms with E-state index in [9.17, 15) is 4.21 Å². The summed E-state index contributed by atoms with van der Waals surface area (Å²) in [4.78, 5) is 13.9. The van der Waals surface area contributed by atoms with Crippen LogP contribution in [0.2, 0.25) is 0 Å². The molecule has 1 aliphatic carbocycles. The topological polar surface area (TPSA) is 59.7 Å². The molecule has 2 aliphatic heterocycles. The minimum absolute atomic E-state index is 0. The van der Waals surface area contributed by atoms with Gasteiger partial charge in [0.2, 0.25) is 0 Å². The molecule has 8 heteroatoms. The molecule has 0 radical (unpaired) electrons. The Kier molecular flexibility index (Phi) is 8.10. The maximum absolute atomic E-state index is 14.6. The molecule has 282 valence electrons. The van der Waals surface area contributed by atoms with Gasteiger partial charge in [-0.2, -0.15) is 0 Å². The normalized spacial score (nSPS) is 21.8. The Morgan fingerprint density at radius 3 is 2.29 bits per heavy atom. The minimum Gasteiger partial charge on any atom is -0.510 e. The monoisotopic (exact) mass is 933 g/mol. The number of aliphatic imine (C=N–C) groups is 1. The van der Waals surface area contributed by atoms with Gasteiger partial charge in [-0.05, 0) is 82.3 Å². The van der Waals surface area contributed by atoms with Crippen molar-refractivity contribution in [1.82, 2.24) is 9.55 Å². The molecule has 56 heavy (non-hydrogen) atoms. The number of hydrogen-bond donors (Lipinski definition) is 0. The van der Waals surface area contributed by atoms with E-state index in [1.165, 1.54) is 16.7 Å². The van der Waals surface area contributed by atoms with E-state index >= 15 is 0 Å². The first kappa shape index (κ1) is 36.8. The van der Waals surface area contributed by atoms with Gasteiger partial charge in [0, 0.05) is 27.9 Å². The molecule has 6 nitrogen and oxygen atoms in total. The number of aryl methyl sites for hydroxylation is 1. The third-order valence-electron chi connectivity index (χ3n) is 12.6. The van der Waals surface area contributed by atoms with Gasteiger partial charge < -0.3 is 14.2 Å². The van der Waals surface area contributed by atoms with Crippen LogP contribution in [0.15, 0.2) is 124 Å². The van der Waals surface area contributed by atoms with Crippen molar-refractivity contribution in [2.75, 3.05) is 4.90 Å². The second kappa shape index (κ2) is 12.3. The summed E-state index contributed by atoms with van der Waals surface area (Å²) in [6.45, 7) is 17.6. The van der Waals surface area contributed by atoms with Crippen LogP contribution in [0, 0.1) is 19.1 Å². The Morgan fingerprint density at radius 1 is 0.786 bits per heavy atom. The predicted molar refractivity (Wildman–Crippen MR) is 222 cm³/mol. The van der Waals surface area contributed by atoms with Crippen molar-refractivity contribution in [2.45, 2.75) is 87.2 Å². The summed E-state index contributed by atoms with van der Waals surface area (Å²) in [7, 11) is -1.45. The zero-order chi connectivity index (χ0) is 38.2. The summed E-state index contributed by atoms with van der Waals surface area (Å²) < 4.78 is 23.8. The summed E-state index contributed by atoms with van der Waals surface area (Å²) in [5.74, 6) is 1.40. The van der Waals surface area contributed by atoms with E-state index in [0.29, 0.717) is 16.5 Å². The Labute approximate surface area is 345 Å². The van der Waals surface area contributed by atoms with Gasteiger partial charge >= 0.3 is 21.1 Å². The number of anilines is 3. The molecule has 5 aromatic carbocycles. The van der Waals surface area contributed by atoms with Crippen LogP contribution in [0.3, 0.4) is 0 Å². The molecule has 0 fully saturated rings. The zero-order valence-electron chi connectivity index (χ0n) is 32.7. The molecule has 3 atom stereocenters. The molecule has 7 aromatic rings. The van der Waals surface area contributed by atoms with Gasteiger partial charge in [0.1, 0.15) is 22.9 Å². The minimum atomic E-state index is -1.45. The van der Waals surface area contributed by atoms with E-state index in [1.807, 2.05) is 30.5 Å². The van der Waals surface area contributed by atoms with Gasteiger partial charge in [-0.15, -0.1) is 41.3 Å². The average molecular weight is 934 g/mol. The number of para-hydroxylation sites is 2. The van der Waals surface area contributed by atoms with E-state index in [4.69, 9.17) is 14.7 Å². The van der Waals surface area contributed by atoms with E-state index in [0.717, 1.165) is 55.0 Å². The van der Waals surface area contributed by atoms with Crippen LogP contribution >= 0.6 is 0 Å². The molecule has 0 amide bonds. The fourth-order valence-electron chi connectivity index (χ4n) is 9.18. The Balaban J connectivity index is 0.00000410. The number of aromatic nitrogens is 2. The number of nitrogens with zero attached hydrogens (tertiary/aromatic N) is 4. The number of pyridine rings is 1. The van der Waals surface area contributed by atoms with Gasteiger partial charge in [0.05, 0.1) is 10.6 Å². The molecule has 10 rings (SSSR count). The number of rotatable bonds is 3. The number of hydrogen-bond acceptors (Lipinski definition) is 5. The summed E-state index contributed by atoms with van der Waals surface area (Å²) in [6, 6.07) is 43.0. The molecule has 0 saturated heterocycles. The second-order valence-corrected chi connectivity index (χ2v) is 18.5. The van der Waals surface area contributed by atoms with Gasteiger partial charge in [0.15, 0.2) is 0 Å². The molecule has 0 saturated carbocycles. The Morgan fingerprint density at radius 2 is 1.50 bits per heavy atom. The van der Waals surface area contributed by atoms with Crippen molar-refractivity contribution in [2.24, 2.45) is 4.99 Å². The standard InChI is InChI=1S/C48H42N4O2S.Pt/c1-29-23-30(44-50-47(7)36-17-11-10-16-35(36)46(5,6)48(47,8)54-44)25-32(24-29)51-38-19-13-14-20-41(38)55(53)42-27-34-33-15-9-12-18-37(33)52(39(34)28-40(42)51)43-26-31(21-22-49-43)45(2,3)4;/h9-24,26-27H,1-8H3;/q-2;+2/t47-,48+,55?;/m1./s1. The molecule has 0 N–H and O–H groups in total. The predicted octanol–water partition coefficient (Wildman–Crippen LogP) is 11.1. The zero-order valence-corrected chi connectivity index (χ0v) is 35.8. The number of benzene rings is 5. The van der Waals surface area contributed by atoms with Gasteiger partial charge in [-0.3, -0.25) is 9.20 Å². The largest absolute Gasteiger partial charge is 2.00 e. The molecular weight excluding hydrogens is 892 g/mol. The fraction of sp³-hybridized carbons (Fsp3) is 0.250. The SMILES string of the molecule is Cc1cc(C2=N[C@]3(C)c4ccccc4C(C)(C)[C@]3(C)O2)[c-]c(N2c3[c-]c4c(cc3S(=O)c3ccccc32)c2ccccc2n4-c2cc(C(C)(C)C)ccn2)c1.[Pt+2]. The Hall–Kier alpha value is -4.84. The molecule has 0 spiro atoms. The fourth-order valence-corrected chi connectivity index (χ4v) is 10.5. The van der Waals surface area contributed by atoms with Crippen LogP contribution in [0.1, 0.15) is 76.3 Å². The maximum atomic E-state index is 14.6. The summed E-state index contributed by atoms with van der Waals surface area (Å²) in [5.41, 5.74) is 8.16. The smallest absolute Gasteiger partial charge is 0.510 e. The van der Waals surface area contributed by atoms with Crippen molar-refractivity contribution in [3.63, 3.8) is 0 Å². The van der Waals surface area contributed by atoms with Crippen LogP contribution < -0.4 is 4.90 Å². The van der Waals surface area contributed by atoms with Crippen molar-refractivity contribution in [3.05, 3.63) is 149 Å². The van der Waals surface area contributed by atoms with Crippen LogP contribution in [0.5, 0.6) is 0 Å². The molecular formula is C48H42N4O2PtS. The van der Waals surface area contributed by atoms with Crippen LogP contribution in [0.4, 0.5) is 17.1 Å². The quantitative estimate of drug-likeness (QED) is 0.166. The van der Waals surface area contributed by atoms with Crippen LogP contribution in [-0.2, 0) is 53.0 Å². The molecule has 2 aromatic heterocycles. The van der Waals surface area contributed by atoms with E-state index in [1.54, 1.807) is 0 Å². The number of fused-ring (bicyclic) bond motifs is 8. The summed E-state index contributed by atoms with van der Waals surface area (Å²) in [6.07, 6.45) is 1.89. The summed E-state index contributed by atoms with van der Waals surface area (Å²) >= 11 is 0. The first-order valence-corrected chi connectivity index (χ1v) is 20.1. The molecule has 0 bridgehead atoms. The summed E-state index contributed by atoms with van der Waals surface area (Å²) in [5, 5.41) is 2.03. The van der Waals surface area contributed by atoms with Crippen molar-refractivity contribution >= 4 is 55.6 Å². The third-order valence-corrected chi connectivity index (χ3v) is 14.0. The van der Waals surface area contributed by atoms with E-state index < -0.39 is 21.9 Å². The van der Waals surface area contributed by atoms with E-state index in [2.05, 4.69) is 156 Å². The number of ether oxygens (including phenoxy) is 1. The van der Waals surface area contributed by atoms with Gasteiger partial charge in [0.25, 0.3) is 0 Å². The van der Waals surface area contributed by atoms with Gasteiger partial charge in [-0.25, -0.2) is 4.98 Å². The van der Waals surface area contributed by atoms with Crippen LogP contribution in [-0.4, -0.2) is 25.3 Å². The van der Waals surface area contributed by atoms with Crippen molar-refractivity contribution < 1.29 is 30.0 Å². The average Bonchev–Trinajstić information content (AvgIpc) is 3.69. The molecule has 1 unspecified atom stereocenters. The Bertz CT molecular complexity index is 2850. The van der Waals surface area contributed by atoms with E-state index in [-0.39, 0.29) is 31.9 Å². The maximum Gasteiger partial charge on any atom is 2.00 e. The van der Waals surface area contributed by atoms with Crippen LogP contribution in [0.25, 0.3) is 27.6 Å². The second-order valence-electron chi connectivity index (χ2n) is 17.1. The van der Waals surface area contributed by atoms with Crippen molar-refractivity contribution in [3.8, 4) is 5.82 Å². The first-order chi connectivity index (χ1) is 26.2. The van der Waals surface area contributed by atoms with Crippen molar-refractivity contribution in [1.29, 1.82) is 0 Å². The third kappa shape index (κ3) is 4.92. The van der Waals surface area contributed by atoms with Gasteiger partial charge in [-0.1, -0.05) is 113 Å². The first-order valence-electron chi connectivity index (χ1n) is 18.9. The molecule has 3 aliphatic rings.